The molecule has 2 N–H and O–H groups in total. The van der Waals surface area contributed by atoms with Crippen LogP contribution in [-0.2, 0) is 11.2 Å². The maximum atomic E-state index is 13.3. The van der Waals surface area contributed by atoms with Crippen molar-refractivity contribution in [3.8, 4) is 17.3 Å². The van der Waals surface area contributed by atoms with E-state index in [9.17, 15) is 14.9 Å². The van der Waals surface area contributed by atoms with Crippen LogP contribution in [0, 0.1) is 24.2 Å². The van der Waals surface area contributed by atoms with E-state index in [1.807, 2.05) is 37.3 Å². The number of anilines is 1. The molecule has 2 unspecified atom stereocenters. The quantitative estimate of drug-likeness (QED) is 0.512. The Labute approximate surface area is 173 Å². The van der Waals surface area contributed by atoms with Crippen molar-refractivity contribution in [1.29, 1.82) is 5.26 Å². The van der Waals surface area contributed by atoms with Gasteiger partial charge in [0.15, 0.2) is 5.92 Å². The molecule has 1 heterocycles. The number of benzene rings is 2. The molecule has 2 aliphatic rings. The number of rotatable bonds is 4. The molecule has 6 heteroatoms. The van der Waals surface area contributed by atoms with Crippen LogP contribution in [0.4, 0.5) is 5.69 Å². The van der Waals surface area contributed by atoms with Crippen LogP contribution >= 0.6 is 0 Å². The fourth-order valence-corrected chi connectivity index (χ4v) is 4.78. The van der Waals surface area contributed by atoms with E-state index in [1.54, 1.807) is 12.1 Å². The lowest BCUT2D eigenvalue weighted by Gasteiger charge is -2.22. The van der Waals surface area contributed by atoms with Gasteiger partial charge in [-0.1, -0.05) is 30.3 Å². The van der Waals surface area contributed by atoms with E-state index in [-0.39, 0.29) is 11.6 Å². The highest BCUT2D eigenvalue weighted by Crippen LogP contribution is 2.51. The van der Waals surface area contributed by atoms with Gasteiger partial charge in [-0.05, 0) is 55.0 Å². The Balaban J connectivity index is 1.48. The zero-order chi connectivity index (χ0) is 20.8. The summed E-state index contributed by atoms with van der Waals surface area (Å²) in [7, 11) is 0. The van der Waals surface area contributed by atoms with Crippen LogP contribution in [0.3, 0.4) is 0 Å². The van der Waals surface area contributed by atoms with Gasteiger partial charge in [0.05, 0.1) is 11.8 Å². The number of Topliss-reactive ketones (excluding diaryl/α,β-unsaturated/α-hetero) is 1. The maximum absolute atomic E-state index is 13.3. The largest absolute Gasteiger partial charge is 0.325 e. The number of nitrogens with zero attached hydrogens (tertiary/aromatic N) is 2. The normalized spacial score (nSPS) is 16.9. The summed E-state index contributed by atoms with van der Waals surface area (Å²) < 4.78 is 0. The highest BCUT2D eigenvalue weighted by atomic mass is 16.2. The zero-order valence-corrected chi connectivity index (χ0v) is 16.5. The van der Waals surface area contributed by atoms with Crippen molar-refractivity contribution in [2.45, 2.75) is 32.1 Å². The fraction of sp³-hybridized carbons (Fsp3) is 0.250. The molecule has 6 nitrogen and oxygen atoms in total. The van der Waals surface area contributed by atoms with E-state index in [1.165, 1.54) is 11.1 Å². The second-order valence-electron chi connectivity index (χ2n) is 7.97. The van der Waals surface area contributed by atoms with Crippen molar-refractivity contribution in [3.63, 3.8) is 0 Å². The third kappa shape index (κ3) is 2.74. The molecule has 30 heavy (non-hydrogen) atoms. The van der Waals surface area contributed by atoms with E-state index in [0.29, 0.717) is 5.69 Å². The first-order chi connectivity index (χ1) is 14.6. The smallest absolute Gasteiger partial charge is 0.249 e. The minimum Gasteiger partial charge on any atom is -0.325 e. The number of aromatic nitrogens is 2. The molecule has 0 saturated heterocycles. The third-order valence-electron chi connectivity index (χ3n) is 6.08. The number of carbonyl (C=O) groups excluding carboxylic acids is 2. The number of aryl methyl sites for hydroxylation is 2. The number of amides is 1. The zero-order valence-electron chi connectivity index (χ0n) is 16.5. The highest BCUT2D eigenvalue weighted by molar-refractivity contribution is 6.16. The molecule has 148 valence electrons. The molecule has 1 amide bonds. The second kappa shape index (κ2) is 6.96. The standard InChI is InChI=1S/C24H20N4O2/c1-13-5-2-8-15(11-13)26-24(30)18(12-25)23(29)22-20-16-9-3-6-14-7-4-10-17(19(14)16)21(20)27-28-22/h2,4-5,7-8,10-11,16,18H,3,6,9H2,1H3,(H,26,30)(H,27,28). The summed E-state index contributed by atoms with van der Waals surface area (Å²) in [6, 6.07) is 15.3. The number of H-pyrrole nitrogens is 1. The molecular formula is C24H20N4O2. The Morgan fingerprint density at radius 2 is 2.07 bits per heavy atom. The lowest BCUT2D eigenvalue weighted by atomic mass is 9.81. The molecule has 0 radical (unpaired) electrons. The summed E-state index contributed by atoms with van der Waals surface area (Å²) >= 11 is 0. The van der Waals surface area contributed by atoms with Crippen LogP contribution < -0.4 is 5.32 Å². The summed E-state index contributed by atoms with van der Waals surface area (Å²) in [6.45, 7) is 1.91. The van der Waals surface area contributed by atoms with E-state index in [0.717, 1.165) is 41.6 Å². The Morgan fingerprint density at radius 1 is 1.23 bits per heavy atom. The molecule has 2 aliphatic carbocycles. The summed E-state index contributed by atoms with van der Waals surface area (Å²) in [5, 5.41) is 19.6. The predicted octanol–water partition coefficient (Wildman–Crippen LogP) is 4.13. The number of hydrogen-bond donors (Lipinski definition) is 2. The first kappa shape index (κ1) is 18.3. The van der Waals surface area contributed by atoms with Crippen LogP contribution in [0.2, 0.25) is 0 Å². The maximum Gasteiger partial charge on any atom is 0.249 e. The van der Waals surface area contributed by atoms with Crippen LogP contribution in [0.15, 0.2) is 42.5 Å². The summed E-state index contributed by atoms with van der Waals surface area (Å²) in [6.07, 6.45) is 3.00. The molecule has 3 aromatic rings. The van der Waals surface area contributed by atoms with Gasteiger partial charge in [-0.3, -0.25) is 14.7 Å². The van der Waals surface area contributed by atoms with Crippen LogP contribution in [0.25, 0.3) is 11.3 Å². The number of ketones is 1. The van der Waals surface area contributed by atoms with Crippen molar-refractivity contribution in [3.05, 3.63) is 70.4 Å². The number of carbonyl (C=O) groups is 2. The first-order valence-corrected chi connectivity index (χ1v) is 10.1. The Hall–Kier alpha value is -3.72. The SMILES string of the molecule is Cc1cccc(NC(=O)C(C#N)C(=O)c2[nH]nc3c2C2CCCc4cccc-3c42)c1. The first-order valence-electron chi connectivity index (χ1n) is 10.1. The third-order valence-corrected chi connectivity index (χ3v) is 6.08. The van der Waals surface area contributed by atoms with Gasteiger partial charge < -0.3 is 5.32 Å². The van der Waals surface area contributed by atoms with Crippen molar-refractivity contribution in [1.82, 2.24) is 10.2 Å². The van der Waals surface area contributed by atoms with Gasteiger partial charge in [0, 0.05) is 22.7 Å². The Kier molecular flexibility index (Phi) is 4.25. The monoisotopic (exact) mass is 396 g/mol. The number of fused-ring (bicyclic) bond motifs is 3. The molecule has 1 aromatic heterocycles. The minimum atomic E-state index is -1.44. The second-order valence-corrected chi connectivity index (χ2v) is 7.97. The summed E-state index contributed by atoms with van der Waals surface area (Å²) in [5.74, 6) is -2.51. The highest BCUT2D eigenvalue weighted by Gasteiger charge is 2.40. The van der Waals surface area contributed by atoms with Gasteiger partial charge in [-0.2, -0.15) is 10.4 Å². The van der Waals surface area contributed by atoms with Gasteiger partial charge in [-0.25, -0.2) is 0 Å². The average molecular weight is 396 g/mol. The lowest BCUT2D eigenvalue weighted by molar-refractivity contribution is -0.117. The van der Waals surface area contributed by atoms with Crippen molar-refractivity contribution in [2.75, 3.05) is 5.32 Å². The summed E-state index contributed by atoms with van der Waals surface area (Å²) in [4.78, 5) is 26.0. The fourth-order valence-electron chi connectivity index (χ4n) is 4.78. The van der Waals surface area contributed by atoms with E-state index < -0.39 is 17.6 Å². The number of nitrogens with one attached hydrogen (secondary N) is 2. The molecule has 2 aromatic carbocycles. The van der Waals surface area contributed by atoms with Crippen LogP contribution in [0.5, 0.6) is 0 Å². The van der Waals surface area contributed by atoms with Gasteiger partial charge in [0.2, 0.25) is 11.7 Å². The minimum absolute atomic E-state index is 0.0943. The number of hydrogen-bond acceptors (Lipinski definition) is 4. The molecule has 0 bridgehead atoms. The number of nitriles is 1. The molecule has 0 saturated carbocycles. The molecule has 5 rings (SSSR count). The van der Waals surface area contributed by atoms with Crippen molar-refractivity contribution < 1.29 is 9.59 Å². The topological polar surface area (TPSA) is 98.6 Å². The Morgan fingerprint density at radius 3 is 2.87 bits per heavy atom. The Bertz CT molecular complexity index is 1230. The molecule has 0 aliphatic heterocycles. The number of aromatic amines is 1. The average Bonchev–Trinajstić information content (AvgIpc) is 3.30. The molecular weight excluding hydrogens is 376 g/mol. The van der Waals surface area contributed by atoms with Crippen LogP contribution in [-0.4, -0.2) is 21.9 Å². The molecule has 0 spiro atoms. The van der Waals surface area contributed by atoms with Crippen LogP contribution in [0.1, 0.15) is 51.5 Å². The van der Waals surface area contributed by atoms with Crippen molar-refractivity contribution >= 4 is 17.4 Å². The van der Waals surface area contributed by atoms with E-state index >= 15 is 0 Å². The van der Waals surface area contributed by atoms with Gasteiger partial charge in [-0.15, -0.1) is 0 Å². The van der Waals surface area contributed by atoms with E-state index in [2.05, 4.69) is 21.6 Å². The lowest BCUT2D eigenvalue weighted by Crippen LogP contribution is -2.29. The van der Waals surface area contributed by atoms with Crippen molar-refractivity contribution in [2.24, 2.45) is 5.92 Å². The van der Waals surface area contributed by atoms with E-state index in [4.69, 9.17) is 0 Å². The predicted molar refractivity (Wildman–Crippen MR) is 112 cm³/mol. The van der Waals surface area contributed by atoms with Gasteiger partial charge >= 0.3 is 0 Å². The van der Waals surface area contributed by atoms with Gasteiger partial charge in [0.25, 0.3) is 0 Å². The summed E-state index contributed by atoms with van der Waals surface area (Å²) in [5.41, 5.74) is 7.04. The van der Waals surface area contributed by atoms with Gasteiger partial charge in [0.1, 0.15) is 5.69 Å². The molecule has 0 fully saturated rings. The molecule has 2 atom stereocenters.